The predicted octanol–water partition coefficient (Wildman–Crippen LogP) is 5.49. The molecule has 4 aromatic rings. The number of halogens is 1. The quantitative estimate of drug-likeness (QED) is 0.181. The molecule has 184 valence electrons. The van der Waals surface area contributed by atoms with E-state index in [2.05, 4.69) is 15.5 Å². The van der Waals surface area contributed by atoms with Gasteiger partial charge < -0.3 is 10.1 Å². The lowest BCUT2D eigenvalue weighted by Crippen LogP contribution is -2.16. The van der Waals surface area contributed by atoms with Gasteiger partial charge >= 0.3 is 0 Å². The van der Waals surface area contributed by atoms with Crippen LogP contribution in [0, 0.1) is 22.9 Å². The molecule has 1 aromatic heterocycles. The number of anilines is 1. The molecule has 1 unspecified atom stereocenters. The number of thioether (sulfide) groups is 1. The van der Waals surface area contributed by atoms with Crippen LogP contribution in [0.4, 0.5) is 15.8 Å². The third kappa shape index (κ3) is 5.69. The van der Waals surface area contributed by atoms with E-state index in [1.807, 2.05) is 30.3 Å². The smallest absolute Gasteiger partial charge is 0.271 e. The van der Waals surface area contributed by atoms with Crippen LogP contribution in [-0.4, -0.2) is 31.3 Å². The highest BCUT2D eigenvalue weighted by Gasteiger charge is 2.22. The van der Waals surface area contributed by atoms with E-state index in [1.165, 1.54) is 24.3 Å². The van der Waals surface area contributed by atoms with E-state index >= 15 is 0 Å². The number of aryl methyl sites for hydroxylation is 1. The molecule has 0 radical (unpaired) electrons. The Bertz CT molecular complexity index is 1400. The van der Waals surface area contributed by atoms with Crippen LogP contribution in [0.2, 0.25) is 0 Å². The Morgan fingerprint density at radius 3 is 2.58 bits per heavy atom. The molecule has 11 heteroatoms. The molecular weight excluding hydrogens is 485 g/mol. The van der Waals surface area contributed by atoms with Gasteiger partial charge in [-0.25, -0.2) is 4.39 Å². The number of aromatic nitrogens is 3. The fraction of sp³-hybridized carbons (Fsp3) is 0.160. The molecule has 1 atom stereocenters. The first kappa shape index (κ1) is 24.9. The molecule has 0 aliphatic rings. The van der Waals surface area contributed by atoms with Crippen molar-refractivity contribution in [2.24, 2.45) is 0 Å². The van der Waals surface area contributed by atoms with Gasteiger partial charge in [-0.1, -0.05) is 48.2 Å². The number of nitrogens with zero attached hydrogens (tertiary/aromatic N) is 4. The number of para-hydroxylation sites is 2. The first-order valence-electron chi connectivity index (χ1n) is 10.9. The lowest BCUT2D eigenvalue weighted by atomic mass is 10.2. The minimum Gasteiger partial charge on any atom is -0.480 e. The maximum Gasteiger partial charge on any atom is 0.271 e. The topological polar surface area (TPSA) is 112 Å². The van der Waals surface area contributed by atoms with Gasteiger partial charge in [0.05, 0.1) is 16.4 Å². The van der Waals surface area contributed by atoms with Crippen LogP contribution in [0.1, 0.15) is 24.4 Å². The Morgan fingerprint density at radius 2 is 1.86 bits per heavy atom. The highest BCUT2D eigenvalue weighted by atomic mass is 32.2. The van der Waals surface area contributed by atoms with Crippen molar-refractivity contribution in [2.45, 2.75) is 25.1 Å². The van der Waals surface area contributed by atoms with Gasteiger partial charge in [0.25, 0.3) is 5.69 Å². The predicted molar refractivity (Wildman–Crippen MR) is 134 cm³/mol. The molecule has 0 bridgehead atoms. The van der Waals surface area contributed by atoms with Gasteiger partial charge in [0, 0.05) is 17.8 Å². The molecule has 1 heterocycles. The van der Waals surface area contributed by atoms with E-state index in [1.54, 1.807) is 36.6 Å². The molecule has 0 saturated heterocycles. The van der Waals surface area contributed by atoms with E-state index in [0.29, 0.717) is 22.2 Å². The minimum absolute atomic E-state index is 0.0182. The number of ether oxygens (including phenoxy) is 1. The van der Waals surface area contributed by atoms with E-state index in [4.69, 9.17) is 4.74 Å². The summed E-state index contributed by atoms with van der Waals surface area (Å²) in [6, 6.07) is 19.7. The average molecular weight is 508 g/mol. The zero-order valence-corrected chi connectivity index (χ0v) is 20.2. The molecule has 0 aliphatic carbocycles. The van der Waals surface area contributed by atoms with Gasteiger partial charge in [0.1, 0.15) is 0 Å². The molecule has 0 fully saturated rings. The van der Waals surface area contributed by atoms with Crippen LogP contribution in [0.15, 0.2) is 78.0 Å². The monoisotopic (exact) mass is 507 g/mol. The number of hydrogen-bond donors (Lipinski definition) is 1. The second kappa shape index (κ2) is 11.0. The van der Waals surface area contributed by atoms with Crippen LogP contribution in [0.5, 0.6) is 5.75 Å². The Morgan fingerprint density at radius 1 is 1.14 bits per heavy atom. The van der Waals surface area contributed by atoms with Gasteiger partial charge in [-0.3, -0.25) is 19.5 Å². The van der Waals surface area contributed by atoms with Crippen LogP contribution in [0.25, 0.3) is 5.69 Å². The Labute approximate surface area is 210 Å². The van der Waals surface area contributed by atoms with Crippen molar-refractivity contribution in [1.29, 1.82) is 0 Å². The summed E-state index contributed by atoms with van der Waals surface area (Å²) in [7, 11) is 0. The Kier molecular flexibility index (Phi) is 7.59. The van der Waals surface area contributed by atoms with Gasteiger partial charge in [0.15, 0.2) is 28.7 Å². The van der Waals surface area contributed by atoms with Gasteiger partial charge in [-0.05, 0) is 43.7 Å². The molecule has 1 amide bonds. The van der Waals surface area contributed by atoms with Crippen LogP contribution in [-0.2, 0) is 4.79 Å². The molecule has 4 rings (SSSR count). The van der Waals surface area contributed by atoms with E-state index < -0.39 is 16.8 Å². The van der Waals surface area contributed by atoms with Gasteiger partial charge in [0.2, 0.25) is 5.91 Å². The second-order valence-electron chi connectivity index (χ2n) is 7.80. The molecule has 0 saturated carbocycles. The number of carbonyl (C=O) groups excluding carboxylic acids is 1. The zero-order valence-electron chi connectivity index (χ0n) is 19.4. The van der Waals surface area contributed by atoms with Crippen LogP contribution >= 0.6 is 11.8 Å². The third-order valence-electron chi connectivity index (χ3n) is 5.22. The number of rotatable bonds is 9. The Hall–Kier alpha value is -4.25. The summed E-state index contributed by atoms with van der Waals surface area (Å²) in [4.78, 5) is 23.2. The van der Waals surface area contributed by atoms with Gasteiger partial charge in [-0.2, -0.15) is 0 Å². The molecule has 0 aliphatic heterocycles. The van der Waals surface area contributed by atoms with Crippen molar-refractivity contribution < 1.29 is 18.8 Å². The normalized spacial score (nSPS) is 11.6. The van der Waals surface area contributed by atoms with E-state index in [9.17, 15) is 19.3 Å². The maximum atomic E-state index is 14.1. The first-order valence-corrected chi connectivity index (χ1v) is 11.9. The Balaban J connectivity index is 1.55. The van der Waals surface area contributed by atoms with Crippen molar-refractivity contribution in [3.63, 3.8) is 0 Å². The summed E-state index contributed by atoms with van der Waals surface area (Å²) in [6.45, 7) is 3.49. The summed E-state index contributed by atoms with van der Waals surface area (Å²) in [5.41, 5.74) is 1.71. The van der Waals surface area contributed by atoms with E-state index in [-0.39, 0.29) is 23.1 Å². The lowest BCUT2D eigenvalue weighted by molar-refractivity contribution is -0.384. The molecular formula is C25H22FN5O4S. The number of amides is 1. The first-order chi connectivity index (χ1) is 17.3. The van der Waals surface area contributed by atoms with Crippen molar-refractivity contribution in [2.75, 3.05) is 11.1 Å². The van der Waals surface area contributed by atoms with Gasteiger partial charge in [-0.15, -0.1) is 10.2 Å². The maximum absolute atomic E-state index is 14.1. The van der Waals surface area contributed by atoms with Crippen LogP contribution < -0.4 is 10.1 Å². The fourth-order valence-electron chi connectivity index (χ4n) is 3.42. The average Bonchev–Trinajstić information content (AvgIpc) is 3.30. The lowest BCUT2D eigenvalue weighted by Gasteiger charge is -2.17. The number of benzene rings is 3. The molecule has 3 aromatic carbocycles. The number of non-ortho nitro benzene ring substituents is 1. The molecule has 9 nitrogen and oxygen atoms in total. The summed E-state index contributed by atoms with van der Waals surface area (Å²) in [5.74, 6) is -0.341. The van der Waals surface area contributed by atoms with Crippen molar-refractivity contribution in [3.05, 3.63) is 100 Å². The summed E-state index contributed by atoms with van der Waals surface area (Å²) >= 11 is 1.15. The molecule has 36 heavy (non-hydrogen) atoms. The minimum atomic E-state index is -0.648. The summed E-state index contributed by atoms with van der Waals surface area (Å²) < 4.78 is 21.7. The SMILES string of the molecule is Cc1ccc([N+](=O)[O-])cc1NC(=O)CSc1nnc(C(C)Oc2ccccc2F)n1-c1ccccc1. The number of nitro benzene ring substituents is 1. The fourth-order valence-corrected chi connectivity index (χ4v) is 4.17. The van der Waals surface area contributed by atoms with Crippen molar-refractivity contribution in [3.8, 4) is 11.4 Å². The second-order valence-corrected chi connectivity index (χ2v) is 8.74. The summed E-state index contributed by atoms with van der Waals surface area (Å²) in [5, 5.41) is 22.7. The van der Waals surface area contributed by atoms with Crippen molar-refractivity contribution >= 4 is 29.0 Å². The number of hydrogen-bond acceptors (Lipinski definition) is 7. The highest BCUT2D eigenvalue weighted by molar-refractivity contribution is 7.99. The van der Waals surface area contributed by atoms with Crippen LogP contribution in [0.3, 0.4) is 0 Å². The molecule has 0 spiro atoms. The summed E-state index contributed by atoms with van der Waals surface area (Å²) in [6.07, 6.45) is -0.648. The number of nitrogens with one attached hydrogen (secondary N) is 1. The van der Waals surface area contributed by atoms with E-state index in [0.717, 1.165) is 17.4 Å². The molecule has 1 N–H and O–H groups in total. The number of nitro groups is 1. The highest BCUT2D eigenvalue weighted by Crippen LogP contribution is 2.29. The largest absolute Gasteiger partial charge is 0.480 e. The standard InChI is InChI=1S/C25H22FN5O4S/c1-16-12-13-19(31(33)34)14-21(16)27-23(32)15-36-25-29-28-24(30(25)18-8-4-3-5-9-18)17(2)35-22-11-7-6-10-20(22)26/h3-14,17H,15H2,1-2H3,(H,27,32). The van der Waals surface area contributed by atoms with Crippen molar-refractivity contribution in [1.82, 2.24) is 14.8 Å². The number of carbonyl (C=O) groups is 1. The zero-order chi connectivity index (χ0) is 25.7. The third-order valence-corrected chi connectivity index (χ3v) is 6.14.